The van der Waals surface area contributed by atoms with Gasteiger partial charge in [0.1, 0.15) is 0 Å². The zero-order chi connectivity index (χ0) is 13.6. The van der Waals surface area contributed by atoms with Crippen molar-refractivity contribution in [2.75, 3.05) is 13.7 Å². The van der Waals surface area contributed by atoms with Gasteiger partial charge in [-0.15, -0.1) is 0 Å². The molecule has 1 aromatic carbocycles. The van der Waals surface area contributed by atoms with E-state index in [1.807, 2.05) is 0 Å². The van der Waals surface area contributed by atoms with Crippen molar-refractivity contribution in [1.82, 2.24) is 4.90 Å². The molecule has 5 heteroatoms. The number of amides is 1. The summed E-state index contributed by atoms with van der Waals surface area (Å²) in [6.45, 7) is 4.48. The number of aromatic hydroxyl groups is 1. The lowest BCUT2D eigenvalue weighted by atomic mass is 10.1. The van der Waals surface area contributed by atoms with Crippen LogP contribution in [-0.2, 0) is 0 Å². The molecule has 1 fully saturated rings. The molecule has 2 aliphatic rings. The van der Waals surface area contributed by atoms with E-state index in [9.17, 15) is 9.90 Å². The summed E-state index contributed by atoms with van der Waals surface area (Å²) in [4.78, 5) is 18.6. The molecule has 0 spiro atoms. The van der Waals surface area contributed by atoms with Crippen LogP contribution in [0.15, 0.2) is 29.3 Å². The summed E-state index contributed by atoms with van der Waals surface area (Å²) in [5.74, 6) is 0.158. The van der Waals surface area contributed by atoms with Crippen LogP contribution in [0.4, 0.5) is 5.69 Å². The molecular formula is C14H14N2O3. The Balaban J connectivity index is 2.11. The van der Waals surface area contributed by atoms with E-state index < -0.39 is 0 Å². The number of ether oxygens (including phenoxy) is 1. The Morgan fingerprint density at radius 2 is 2.32 bits per heavy atom. The molecule has 1 aromatic rings. The largest absolute Gasteiger partial charge is 0.504 e. The topological polar surface area (TPSA) is 62.1 Å². The number of phenols is 1. The number of benzene rings is 1. The van der Waals surface area contributed by atoms with Crippen molar-refractivity contribution in [2.45, 2.75) is 12.5 Å². The average Bonchev–Trinajstić information content (AvgIpc) is 2.71. The highest BCUT2D eigenvalue weighted by molar-refractivity contribution is 6.03. The molecule has 2 aliphatic heterocycles. The number of aliphatic imine (C=N–C) groups is 1. The fraction of sp³-hybridized carbons (Fsp3) is 0.286. The first-order valence-electron chi connectivity index (χ1n) is 6.03. The van der Waals surface area contributed by atoms with Crippen molar-refractivity contribution in [3.8, 4) is 11.5 Å². The van der Waals surface area contributed by atoms with Crippen LogP contribution in [0.2, 0.25) is 0 Å². The number of phenolic OH excluding ortho intramolecular Hbond substituents is 1. The maximum absolute atomic E-state index is 12.5. The van der Waals surface area contributed by atoms with Gasteiger partial charge in [-0.3, -0.25) is 9.79 Å². The molecule has 1 saturated heterocycles. The van der Waals surface area contributed by atoms with Gasteiger partial charge in [-0.2, -0.15) is 0 Å². The minimum Gasteiger partial charge on any atom is -0.504 e. The lowest BCUT2D eigenvalue weighted by Gasteiger charge is -2.19. The number of methoxy groups -OCH3 is 1. The molecule has 5 nitrogen and oxygen atoms in total. The van der Waals surface area contributed by atoms with E-state index in [1.165, 1.54) is 19.2 Å². The van der Waals surface area contributed by atoms with Gasteiger partial charge >= 0.3 is 0 Å². The lowest BCUT2D eigenvalue weighted by molar-refractivity contribution is 0.0777. The smallest absolute Gasteiger partial charge is 0.257 e. The Bertz CT molecular complexity index is 607. The monoisotopic (exact) mass is 258 g/mol. The van der Waals surface area contributed by atoms with Crippen LogP contribution in [0, 0.1) is 0 Å². The summed E-state index contributed by atoms with van der Waals surface area (Å²) in [6.07, 6.45) is 2.49. The van der Waals surface area contributed by atoms with Crippen LogP contribution in [0.25, 0.3) is 0 Å². The molecule has 0 aromatic heterocycles. The van der Waals surface area contributed by atoms with E-state index >= 15 is 0 Å². The van der Waals surface area contributed by atoms with E-state index in [4.69, 9.17) is 4.74 Å². The van der Waals surface area contributed by atoms with Gasteiger partial charge in [0.2, 0.25) is 0 Å². The second kappa shape index (κ2) is 4.12. The molecule has 1 atom stereocenters. The fourth-order valence-corrected chi connectivity index (χ4v) is 2.50. The molecule has 1 unspecified atom stereocenters. The number of carbonyl (C=O) groups excluding carboxylic acids is 1. The number of rotatable bonds is 1. The van der Waals surface area contributed by atoms with Gasteiger partial charge in [0, 0.05) is 18.8 Å². The van der Waals surface area contributed by atoms with Crippen molar-refractivity contribution in [3.05, 3.63) is 29.8 Å². The maximum Gasteiger partial charge on any atom is 0.257 e. The van der Waals surface area contributed by atoms with Crippen molar-refractivity contribution in [1.29, 1.82) is 0 Å². The third-order valence-corrected chi connectivity index (χ3v) is 3.47. The first-order chi connectivity index (χ1) is 9.10. The van der Waals surface area contributed by atoms with E-state index in [0.717, 1.165) is 12.0 Å². The SMILES string of the molecule is C=C1CC2C=Nc3cc(O)c(OC)cc3C(=O)N2C1. The normalized spacial score (nSPS) is 21.1. The Hall–Kier alpha value is -2.30. The lowest BCUT2D eigenvalue weighted by Crippen LogP contribution is -2.35. The van der Waals surface area contributed by atoms with Crippen LogP contribution in [0.5, 0.6) is 11.5 Å². The van der Waals surface area contributed by atoms with Crippen LogP contribution >= 0.6 is 0 Å². The van der Waals surface area contributed by atoms with Gasteiger partial charge in [0.05, 0.1) is 24.4 Å². The van der Waals surface area contributed by atoms with E-state index in [0.29, 0.717) is 17.8 Å². The maximum atomic E-state index is 12.5. The van der Waals surface area contributed by atoms with Crippen LogP contribution < -0.4 is 4.74 Å². The summed E-state index contributed by atoms with van der Waals surface area (Å²) in [7, 11) is 1.45. The molecular weight excluding hydrogens is 244 g/mol. The van der Waals surface area contributed by atoms with Gasteiger partial charge in [-0.05, 0) is 12.5 Å². The molecule has 2 heterocycles. The van der Waals surface area contributed by atoms with E-state index in [1.54, 1.807) is 11.1 Å². The molecule has 0 radical (unpaired) electrons. The summed E-state index contributed by atoms with van der Waals surface area (Å²) >= 11 is 0. The van der Waals surface area contributed by atoms with Gasteiger partial charge in [0.25, 0.3) is 5.91 Å². The molecule has 0 bridgehead atoms. The van der Waals surface area contributed by atoms with E-state index in [-0.39, 0.29) is 23.4 Å². The first kappa shape index (κ1) is 11.8. The molecule has 0 saturated carbocycles. The van der Waals surface area contributed by atoms with E-state index in [2.05, 4.69) is 11.6 Å². The third kappa shape index (κ3) is 1.78. The molecule has 98 valence electrons. The summed E-state index contributed by atoms with van der Waals surface area (Å²) < 4.78 is 5.04. The fourth-order valence-electron chi connectivity index (χ4n) is 2.50. The highest BCUT2D eigenvalue weighted by Gasteiger charge is 2.33. The predicted molar refractivity (Wildman–Crippen MR) is 71.4 cm³/mol. The van der Waals surface area contributed by atoms with Crippen molar-refractivity contribution >= 4 is 17.8 Å². The van der Waals surface area contributed by atoms with Gasteiger partial charge in [-0.1, -0.05) is 12.2 Å². The Morgan fingerprint density at radius 3 is 3.05 bits per heavy atom. The van der Waals surface area contributed by atoms with Crippen LogP contribution in [0.3, 0.4) is 0 Å². The second-order valence-corrected chi connectivity index (χ2v) is 4.77. The Morgan fingerprint density at radius 1 is 1.53 bits per heavy atom. The molecule has 0 aliphatic carbocycles. The van der Waals surface area contributed by atoms with Gasteiger partial charge in [-0.25, -0.2) is 0 Å². The minimum absolute atomic E-state index is 0.0160. The van der Waals surface area contributed by atoms with Crippen LogP contribution in [-0.4, -0.2) is 41.8 Å². The van der Waals surface area contributed by atoms with Crippen molar-refractivity contribution < 1.29 is 14.6 Å². The first-order valence-corrected chi connectivity index (χ1v) is 6.03. The number of fused-ring (bicyclic) bond motifs is 2. The van der Waals surface area contributed by atoms with Crippen molar-refractivity contribution in [3.63, 3.8) is 0 Å². The Labute approximate surface area is 110 Å². The minimum atomic E-state index is -0.102. The zero-order valence-corrected chi connectivity index (χ0v) is 10.6. The van der Waals surface area contributed by atoms with Gasteiger partial charge in [0.15, 0.2) is 11.5 Å². The standard InChI is InChI=1S/C14H14N2O3/c1-8-3-9-6-15-11-5-12(17)13(19-2)4-10(11)14(18)16(9)7-8/h4-6,9,17H,1,3,7H2,2H3. The zero-order valence-electron chi connectivity index (χ0n) is 10.6. The summed E-state index contributed by atoms with van der Waals surface area (Å²) in [6, 6.07) is 2.95. The highest BCUT2D eigenvalue weighted by Crippen LogP contribution is 2.37. The Kier molecular flexibility index (Phi) is 2.55. The quantitative estimate of drug-likeness (QED) is 0.782. The number of nitrogens with zero attached hydrogens (tertiary/aromatic N) is 2. The number of hydrogen-bond donors (Lipinski definition) is 1. The van der Waals surface area contributed by atoms with Crippen molar-refractivity contribution in [2.24, 2.45) is 4.99 Å². The molecule has 1 N–H and O–H groups in total. The number of hydrogen-bond acceptors (Lipinski definition) is 4. The van der Waals surface area contributed by atoms with Gasteiger partial charge < -0.3 is 14.7 Å². The summed E-state index contributed by atoms with van der Waals surface area (Å²) in [5, 5.41) is 9.75. The summed E-state index contributed by atoms with van der Waals surface area (Å²) in [5.41, 5.74) is 1.95. The average molecular weight is 258 g/mol. The number of carbonyl (C=O) groups is 1. The predicted octanol–water partition coefficient (Wildman–Crippen LogP) is 1.89. The molecule has 19 heavy (non-hydrogen) atoms. The second-order valence-electron chi connectivity index (χ2n) is 4.77. The third-order valence-electron chi connectivity index (χ3n) is 3.47. The highest BCUT2D eigenvalue weighted by atomic mass is 16.5. The molecule has 3 rings (SSSR count). The molecule has 1 amide bonds. The van der Waals surface area contributed by atoms with Crippen LogP contribution in [0.1, 0.15) is 16.8 Å².